The van der Waals surface area contributed by atoms with Crippen LogP contribution in [0.25, 0.3) is 0 Å². The lowest BCUT2D eigenvalue weighted by molar-refractivity contribution is -0.129. The van der Waals surface area contributed by atoms with Crippen molar-refractivity contribution in [2.45, 2.75) is 58.7 Å². The normalized spacial score (nSPS) is 25.3. The maximum Gasteiger partial charge on any atom is 0.224 e. The smallest absolute Gasteiger partial charge is 0.224 e. The standard InChI is InChI=1S/C19H28N2O/c1-14(2)8-10-20-11-9-17-18(20)12-19(22)21(17)13-16-7-5-4-6-15(16)3/h4-7,14,17-18H,8-13H2,1-3H3/t17-,18-/m0/s1. The van der Waals surface area contributed by atoms with Gasteiger partial charge in [-0.05, 0) is 43.4 Å². The van der Waals surface area contributed by atoms with Gasteiger partial charge < -0.3 is 4.90 Å². The molecule has 120 valence electrons. The van der Waals surface area contributed by atoms with Crippen LogP contribution in [-0.4, -0.2) is 40.9 Å². The maximum absolute atomic E-state index is 12.5. The Kier molecular flexibility index (Phi) is 4.53. The molecule has 1 aromatic rings. The van der Waals surface area contributed by atoms with Gasteiger partial charge in [0.2, 0.25) is 5.91 Å². The van der Waals surface area contributed by atoms with Crippen molar-refractivity contribution in [3.63, 3.8) is 0 Å². The van der Waals surface area contributed by atoms with E-state index in [0.717, 1.165) is 32.0 Å². The lowest BCUT2D eigenvalue weighted by Gasteiger charge is -2.26. The molecular formula is C19H28N2O. The summed E-state index contributed by atoms with van der Waals surface area (Å²) in [5.41, 5.74) is 2.57. The molecule has 0 radical (unpaired) electrons. The summed E-state index contributed by atoms with van der Waals surface area (Å²) in [6, 6.07) is 9.31. The van der Waals surface area contributed by atoms with Gasteiger partial charge in [0.05, 0.1) is 0 Å². The largest absolute Gasteiger partial charge is 0.334 e. The predicted molar refractivity (Wildman–Crippen MR) is 89.6 cm³/mol. The first-order valence-electron chi connectivity index (χ1n) is 8.64. The van der Waals surface area contributed by atoms with Crippen molar-refractivity contribution in [1.29, 1.82) is 0 Å². The van der Waals surface area contributed by atoms with Crippen LogP contribution in [0.2, 0.25) is 0 Å². The highest BCUT2D eigenvalue weighted by Crippen LogP contribution is 2.34. The Balaban J connectivity index is 1.68. The van der Waals surface area contributed by atoms with Gasteiger partial charge in [-0.2, -0.15) is 0 Å². The summed E-state index contributed by atoms with van der Waals surface area (Å²) in [5, 5.41) is 0. The number of fused-ring (bicyclic) bond motifs is 1. The number of amides is 1. The third-order valence-electron chi connectivity index (χ3n) is 5.33. The molecule has 0 unspecified atom stereocenters. The highest BCUT2D eigenvalue weighted by Gasteiger charge is 2.46. The SMILES string of the molecule is Cc1ccccc1CN1C(=O)C[C@H]2[C@@H]1CCN2CCC(C)C. The average molecular weight is 300 g/mol. The summed E-state index contributed by atoms with van der Waals surface area (Å²) < 4.78 is 0. The summed E-state index contributed by atoms with van der Waals surface area (Å²) in [4.78, 5) is 17.2. The van der Waals surface area contributed by atoms with Crippen molar-refractivity contribution in [3.05, 3.63) is 35.4 Å². The number of likely N-dealkylation sites (tertiary alicyclic amines) is 2. The van der Waals surface area contributed by atoms with E-state index in [1.165, 1.54) is 17.5 Å². The van der Waals surface area contributed by atoms with E-state index >= 15 is 0 Å². The summed E-state index contributed by atoms with van der Waals surface area (Å²) in [6.07, 6.45) is 3.09. The summed E-state index contributed by atoms with van der Waals surface area (Å²) in [5.74, 6) is 1.08. The lowest BCUT2D eigenvalue weighted by Crippen LogP contribution is -2.37. The molecule has 0 aromatic heterocycles. The molecular weight excluding hydrogens is 272 g/mol. The van der Waals surface area contributed by atoms with Crippen LogP contribution in [0.1, 0.15) is 44.2 Å². The molecule has 2 saturated heterocycles. The molecule has 3 rings (SSSR count). The second kappa shape index (κ2) is 6.41. The molecule has 1 aromatic carbocycles. The summed E-state index contributed by atoms with van der Waals surface area (Å²) in [6.45, 7) is 9.77. The van der Waals surface area contributed by atoms with Gasteiger partial charge in [0.15, 0.2) is 0 Å². The molecule has 2 atom stereocenters. The minimum Gasteiger partial charge on any atom is -0.334 e. The highest BCUT2D eigenvalue weighted by atomic mass is 16.2. The summed E-state index contributed by atoms with van der Waals surface area (Å²) in [7, 11) is 0. The number of aryl methyl sites for hydroxylation is 1. The van der Waals surface area contributed by atoms with Crippen LogP contribution in [-0.2, 0) is 11.3 Å². The Bertz CT molecular complexity index is 540. The predicted octanol–water partition coefficient (Wildman–Crippen LogP) is 3.22. The second-order valence-corrected chi connectivity index (χ2v) is 7.29. The van der Waals surface area contributed by atoms with Crippen molar-refractivity contribution in [1.82, 2.24) is 9.80 Å². The molecule has 3 heteroatoms. The molecule has 0 saturated carbocycles. The van der Waals surface area contributed by atoms with E-state index in [9.17, 15) is 4.79 Å². The molecule has 1 amide bonds. The van der Waals surface area contributed by atoms with Gasteiger partial charge in [-0.1, -0.05) is 38.1 Å². The van der Waals surface area contributed by atoms with E-state index in [4.69, 9.17) is 0 Å². The number of hydrogen-bond donors (Lipinski definition) is 0. The fourth-order valence-electron chi connectivity index (χ4n) is 3.89. The third-order valence-corrected chi connectivity index (χ3v) is 5.33. The molecule has 2 fully saturated rings. The molecule has 0 N–H and O–H groups in total. The fraction of sp³-hybridized carbons (Fsp3) is 0.632. The second-order valence-electron chi connectivity index (χ2n) is 7.29. The Morgan fingerprint density at radius 3 is 2.73 bits per heavy atom. The zero-order valence-corrected chi connectivity index (χ0v) is 14.1. The molecule has 0 aliphatic carbocycles. The molecule has 3 nitrogen and oxygen atoms in total. The van der Waals surface area contributed by atoms with E-state index in [-0.39, 0.29) is 0 Å². The summed E-state index contributed by atoms with van der Waals surface area (Å²) >= 11 is 0. The number of nitrogens with zero attached hydrogens (tertiary/aromatic N) is 2. The van der Waals surface area contributed by atoms with E-state index in [1.807, 2.05) is 0 Å². The molecule has 2 heterocycles. The van der Waals surface area contributed by atoms with Gasteiger partial charge >= 0.3 is 0 Å². The zero-order chi connectivity index (χ0) is 15.7. The van der Waals surface area contributed by atoms with Crippen LogP contribution in [0.5, 0.6) is 0 Å². The Hall–Kier alpha value is -1.35. The number of carbonyl (C=O) groups excluding carboxylic acids is 1. The number of benzene rings is 1. The van der Waals surface area contributed by atoms with Crippen molar-refractivity contribution in [2.24, 2.45) is 5.92 Å². The first kappa shape index (κ1) is 15.5. The van der Waals surface area contributed by atoms with E-state index < -0.39 is 0 Å². The van der Waals surface area contributed by atoms with Gasteiger partial charge in [-0.3, -0.25) is 9.69 Å². The number of rotatable bonds is 5. The molecule has 22 heavy (non-hydrogen) atoms. The van der Waals surface area contributed by atoms with Gasteiger partial charge in [0.1, 0.15) is 0 Å². The van der Waals surface area contributed by atoms with Crippen molar-refractivity contribution < 1.29 is 4.79 Å². The molecule has 0 spiro atoms. The first-order chi connectivity index (χ1) is 10.6. The average Bonchev–Trinajstić information content (AvgIpc) is 2.99. The van der Waals surface area contributed by atoms with Crippen LogP contribution in [0, 0.1) is 12.8 Å². The maximum atomic E-state index is 12.5. The molecule has 2 aliphatic rings. The lowest BCUT2D eigenvalue weighted by atomic mass is 10.1. The highest BCUT2D eigenvalue weighted by molar-refractivity contribution is 5.80. The van der Waals surface area contributed by atoms with Crippen LogP contribution in [0.15, 0.2) is 24.3 Å². The minimum absolute atomic E-state index is 0.340. The van der Waals surface area contributed by atoms with Crippen molar-refractivity contribution >= 4 is 5.91 Å². The number of hydrogen-bond acceptors (Lipinski definition) is 2. The fourth-order valence-corrected chi connectivity index (χ4v) is 3.89. The Morgan fingerprint density at radius 2 is 2.00 bits per heavy atom. The first-order valence-corrected chi connectivity index (χ1v) is 8.64. The zero-order valence-electron chi connectivity index (χ0n) is 14.1. The van der Waals surface area contributed by atoms with E-state index in [0.29, 0.717) is 24.4 Å². The van der Waals surface area contributed by atoms with Crippen molar-refractivity contribution in [3.8, 4) is 0 Å². The van der Waals surface area contributed by atoms with Crippen LogP contribution >= 0.6 is 0 Å². The minimum atomic E-state index is 0.340. The quantitative estimate of drug-likeness (QED) is 0.833. The molecule has 2 aliphatic heterocycles. The van der Waals surface area contributed by atoms with Gasteiger partial charge in [-0.15, -0.1) is 0 Å². The van der Waals surface area contributed by atoms with Gasteiger partial charge in [-0.25, -0.2) is 0 Å². The van der Waals surface area contributed by atoms with Crippen LogP contribution in [0.3, 0.4) is 0 Å². The Morgan fingerprint density at radius 1 is 1.23 bits per heavy atom. The van der Waals surface area contributed by atoms with Gasteiger partial charge in [0, 0.05) is 31.6 Å². The third kappa shape index (κ3) is 3.05. The monoisotopic (exact) mass is 300 g/mol. The van der Waals surface area contributed by atoms with E-state index in [2.05, 4.69) is 54.8 Å². The van der Waals surface area contributed by atoms with E-state index in [1.54, 1.807) is 0 Å². The number of carbonyl (C=O) groups is 1. The topological polar surface area (TPSA) is 23.6 Å². The molecule has 0 bridgehead atoms. The van der Waals surface area contributed by atoms with Gasteiger partial charge in [0.25, 0.3) is 0 Å². The van der Waals surface area contributed by atoms with Crippen molar-refractivity contribution in [2.75, 3.05) is 13.1 Å². The Labute approximate surface area is 134 Å². The van der Waals surface area contributed by atoms with Crippen LogP contribution < -0.4 is 0 Å². The van der Waals surface area contributed by atoms with Crippen LogP contribution in [0.4, 0.5) is 0 Å².